The van der Waals surface area contributed by atoms with Gasteiger partial charge in [0.25, 0.3) is 0 Å². The number of amides is 1. The van der Waals surface area contributed by atoms with E-state index in [4.69, 9.17) is 9.97 Å². The second-order valence-corrected chi connectivity index (χ2v) is 8.22. The molecular formula is C25H32N4O. The molecule has 5 nitrogen and oxygen atoms in total. The predicted octanol–water partition coefficient (Wildman–Crippen LogP) is 5.06. The Hall–Kier alpha value is -2.95. The summed E-state index contributed by atoms with van der Waals surface area (Å²) in [5, 5.41) is 4.08. The number of para-hydroxylation sites is 1. The first kappa shape index (κ1) is 21.8. The maximum Gasteiger partial charge on any atom is 0.221 e. The van der Waals surface area contributed by atoms with Crippen molar-refractivity contribution in [3.63, 3.8) is 0 Å². The van der Waals surface area contributed by atoms with Gasteiger partial charge >= 0.3 is 0 Å². The van der Waals surface area contributed by atoms with Crippen molar-refractivity contribution < 1.29 is 4.79 Å². The third kappa shape index (κ3) is 5.56. The van der Waals surface area contributed by atoms with Crippen LogP contribution in [0.15, 0.2) is 54.6 Å². The predicted molar refractivity (Wildman–Crippen MR) is 125 cm³/mol. The van der Waals surface area contributed by atoms with Crippen LogP contribution in [0, 0.1) is 5.92 Å². The fraction of sp³-hybridized carbons (Fsp3) is 0.400. The monoisotopic (exact) mass is 404 g/mol. The van der Waals surface area contributed by atoms with Gasteiger partial charge in [-0.15, -0.1) is 0 Å². The van der Waals surface area contributed by atoms with Crippen molar-refractivity contribution >= 4 is 22.6 Å². The molecule has 1 N–H and O–H groups in total. The van der Waals surface area contributed by atoms with E-state index in [1.165, 1.54) is 0 Å². The molecule has 0 saturated heterocycles. The summed E-state index contributed by atoms with van der Waals surface area (Å²) in [6, 6.07) is 18.3. The van der Waals surface area contributed by atoms with Crippen molar-refractivity contribution in [2.45, 2.75) is 46.6 Å². The van der Waals surface area contributed by atoms with Gasteiger partial charge < -0.3 is 10.2 Å². The first-order valence-corrected chi connectivity index (χ1v) is 10.8. The quantitative estimate of drug-likeness (QED) is 0.541. The van der Waals surface area contributed by atoms with Crippen molar-refractivity contribution in [1.29, 1.82) is 0 Å². The van der Waals surface area contributed by atoms with Crippen LogP contribution >= 0.6 is 0 Å². The summed E-state index contributed by atoms with van der Waals surface area (Å²) in [5.41, 5.74) is 1.91. The van der Waals surface area contributed by atoms with E-state index in [0.29, 0.717) is 24.7 Å². The number of hydrogen-bond donors (Lipinski definition) is 1. The summed E-state index contributed by atoms with van der Waals surface area (Å²) in [6.45, 7) is 9.94. The fourth-order valence-electron chi connectivity index (χ4n) is 3.43. The zero-order chi connectivity index (χ0) is 21.5. The van der Waals surface area contributed by atoms with Crippen LogP contribution in [0.2, 0.25) is 0 Å². The van der Waals surface area contributed by atoms with Crippen molar-refractivity contribution in [3.05, 3.63) is 54.6 Å². The largest absolute Gasteiger partial charge is 0.355 e. The first-order valence-electron chi connectivity index (χ1n) is 10.8. The second kappa shape index (κ2) is 10.2. The van der Waals surface area contributed by atoms with Crippen molar-refractivity contribution in [1.82, 2.24) is 15.3 Å². The number of carbonyl (C=O) groups excluding carboxylic acids is 1. The number of nitrogens with one attached hydrogen (secondary N) is 1. The SMILES string of the molecule is CCC(C)NC(=O)CCN(CC(C)C)c1nc(-c2ccccc2)nc2ccccc12. The molecule has 0 aliphatic carbocycles. The van der Waals surface area contributed by atoms with E-state index in [1.54, 1.807) is 0 Å². The lowest BCUT2D eigenvalue weighted by molar-refractivity contribution is -0.121. The molecule has 30 heavy (non-hydrogen) atoms. The van der Waals surface area contributed by atoms with Gasteiger partial charge in [-0.1, -0.05) is 63.2 Å². The van der Waals surface area contributed by atoms with Crippen molar-refractivity contribution in [2.75, 3.05) is 18.0 Å². The van der Waals surface area contributed by atoms with E-state index in [9.17, 15) is 4.79 Å². The van der Waals surface area contributed by atoms with Crippen LogP contribution in [0.3, 0.4) is 0 Å². The van der Waals surface area contributed by atoms with Crippen LogP contribution in [-0.4, -0.2) is 35.0 Å². The lowest BCUT2D eigenvalue weighted by Crippen LogP contribution is -2.36. The normalized spacial score (nSPS) is 12.2. The fourth-order valence-corrected chi connectivity index (χ4v) is 3.43. The molecule has 0 aliphatic heterocycles. The van der Waals surface area contributed by atoms with Crippen LogP contribution in [-0.2, 0) is 4.79 Å². The zero-order valence-corrected chi connectivity index (χ0v) is 18.4. The maximum absolute atomic E-state index is 12.4. The summed E-state index contributed by atoms with van der Waals surface area (Å²) >= 11 is 0. The molecule has 3 aromatic rings. The molecule has 3 rings (SSSR count). The maximum atomic E-state index is 12.4. The Morgan fingerprint density at radius 1 is 1.00 bits per heavy atom. The molecule has 0 spiro atoms. The highest BCUT2D eigenvalue weighted by atomic mass is 16.1. The van der Waals surface area contributed by atoms with Gasteiger partial charge in [0.15, 0.2) is 5.82 Å². The minimum Gasteiger partial charge on any atom is -0.355 e. The molecule has 0 bridgehead atoms. The van der Waals surface area contributed by atoms with Gasteiger partial charge in [0, 0.05) is 36.5 Å². The van der Waals surface area contributed by atoms with Crippen LogP contribution in [0.5, 0.6) is 0 Å². The van der Waals surface area contributed by atoms with Gasteiger partial charge in [-0.2, -0.15) is 0 Å². The first-order chi connectivity index (χ1) is 14.5. The zero-order valence-electron chi connectivity index (χ0n) is 18.4. The Bertz CT molecular complexity index is 971. The summed E-state index contributed by atoms with van der Waals surface area (Å²) in [6.07, 6.45) is 1.37. The smallest absolute Gasteiger partial charge is 0.221 e. The van der Waals surface area contributed by atoms with Crippen LogP contribution in [0.4, 0.5) is 5.82 Å². The minimum atomic E-state index is 0.0831. The van der Waals surface area contributed by atoms with E-state index in [0.717, 1.165) is 35.2 Å². The van der Waals surface area contributed by atoms with E-state index < -0.39 is 0 Å². The lowest BCUT2D eigenvalue weighted by atomic mass is 10.1. The molecule has 1 unspecified atom stereocenters. The van der Waals surface area contributed by atoms with Gasteiger partial charge in [-0.05, 0) is 31.4 Å². The Balaban J connectivity index is 1.97. The van der Waals surface area contributed by atoms with E-state index >= 15 is 0 Å². The number of aromatic nitrogens is 2. The van der Waals surface area contributed by atoms with Gasteiger partial charge in [-0.3, -0.25) is 4.79 Å². The van der Waals surface area contributed by atoms with E-state index in [-0.39, 0.29) is 11.9 Å². The Labute approximate surface area is 179 Å². The molecule has 1 heterocycles. The third-order valence-corrected chi connectivity index (χ3v) is 5.13. The number of hydrogen-bond acceptors (Lipinski definition) is 4. The molecule has 0 aliphatic rings. The van der Waals surface area contributed by atoms with Crippen LogP contribution < -0.4 is 10.2 Å². The molecule has 0 saturated carbocycles. The molecule has 1 atom stereocenters. The number of carbonyl (C=O) groups is 1. The van der Waals surface area contributed by atoms with E-state index in [2.05, 4.69) is 37.1 Å². The van der Waals surface area contributed by atoms with Crippen LogP contribution in [0.25, 0.3) is 22.3 Å². The topological polar surface area (TPSA) is 58.1 Å². The summed E-state index contributed by atoms with van der Waals surface area (Å²) < 4.78 is 0. The van der Waals surface area contributed by atoms with Crippen molar-refractivity contribution in [3.8, 4) is 11.4 Å². The molecule has 0 fully saturated rings. The van der Waals surface area contributed by atoms with Gasteiger partial charge in [0.2, 0.25) is 5.91 Å². The number of anilines is 1. The summed E-state index contributed by atoms with van der Waals surface area (Å²) in [5.74, 6) is 2.13. The third-order valence-electron chi connectivity index (χ3n) is 5.13. The Kier molecular flexibility index (Phi) is 7.39. The van der Waals surface area contributed by atoms with Crippen molar-refractivity contribution in [2.24, 2.45) is 5.92 Å². The summed E-state index contributed by atoms with van der Waals surface area (Å²) in [7, 11) is 0. The minimum absolute atomic E-state index is 0.0831. The Morgan fingerprint density at radius 3 is 2.40 bits per heavy atom. The molecule has 1 aromatic heterocycles. The van der Waals surface area contributed by atoms with Gasteiger partial charge in [-0.25, -0.2) is 9.97 Å². The molecular weight excluding hydrogens is 372 g/mol. The average Bonchev–Trinajstić information content (AvgIpc) is 2.76. The number of fused-ring (bicyclic) bond motifs is 1. The molecule has 1 amide bonds. The highest BCUT2D eigenvalue weighted by Crippen LogP contribution is 2.28. The standard InChI is InChI=1S/C25H32N4O/c1-5-19(4)26-23(30)15-16-29(17-18(2)3)25-21-13-9-10-14-22(21)27-24(28-25)20-11-7-6-8-12-20/h6-14,18-19H,5,15-17H2,1-4H3,(H,26,30). The van der Waals surface area contributed by atoms with E-state index in [1.807, 2.05) is 55.5 Å². The number of rotatable bonds is 9. The highest BCUT2D eigenvalue weighted by molar-refractivity contribution is 5.91. The molecule has 158 valence electrons. The molecule has 2 aromatic carbocycles. The number of benzene rings is 2. The molecule has 5 heteroatoms. The summed E-state index contributed by atoms with van der Waals surface area (Å²) in [4.78, 5) is 24.4. The Morgan fingerprint density at radius 2 is 1.70 bits per heavy atom. The average molecular weight is 405 g/mol. The second-order valence-electron chi connectivity index (χ2n) is 8.22. The molecule has 0 radical (unpaired) electrons. The van der Waals surface area contributed by atoms with Crippen LogP contribution in [0.1, 0.15) is 40.5 Å². The number of nitrogens with zero attached hydrogens (tertiary/aromatic N) is 3. The van der Waals surface area contributed by atoms with Gasteiger partial charge in [0.05, 0.1) is 5.52 Å². The lowest BCUT2D eigenvalue weighted by Gasteiger charge is -2.27. The van der Waals surface area contributed by atoms with Gasteiger partial charge in [0.1, 0.15) is 5.82 Å². The highest BCUT2D eigenvalue weighted by Gasteiger charge is 2.18.